The highest BCUT2D eigenvalue weighted by Crippen LogP contribution is 2.42. The lowest BCUT2D eigenvalue weighted by Gasteiger charge is -2.15. The number of imide groups is 1. The number of nitrogens with zero attached hydrogens (tertiary/aromatic N) is 2. The van der Waals surface area contributed by atoms with Gasteiger partial charge in [0.2, 0.25) is 17.4 Å². The van der Waals surface area contributed by atoms with E-state index in [2.05, 4.69) is 5.32 Å². The number of fused-ring (bicyclic) bond motifs is 1. The molecule has 1 aliphatic rings. The monoisotopic (exact) mass is 507 g/mol. The Labute approximate surface area is 210 Å². The number of nitrogens with one attached hydrogen (secondary N) is 1. The molecule has 176 valence electrons. The number of pyridine rings is 1. The summed E-state index contributed by atoms with van der Waals surface area (Å²) in [6, 6.07) is 15.6. The molecule has 0 atom stereocenters. The molecule has 1 N–H and O–H groups in total. The zero-order valence-corrected chi connectivity index (χ0v) is 20.3. The van der Waals surface area contributed by atoms with E-state index in [1.165, 1.54) is 4.90 Å². The fraction of sp³-hybridized carbons (Fsp3) is 0.154. The van der Waals surface area contributed by atoms with Crippen LogP contribution in [0.1, 0.15) is 24.4 Å². The molecule has 0 radical (unpaired) electrons. The number of aromatic nitrogens is 1. The highest BCUT2D eigenvalue weighted by molar-refractivity contribution is 6.33. The standard InChI is InChI=1S/C26H19Cl2N3O4/c1-13(2)23(33)24-22(31-12-20(32)29-26(31)34)18-11-17(14-7-9-15(27)10-8-14)21(30-25(18)35-24)16-5-3-4-6-19(16)28/h3-11,13H,12H2,1-2H3,(H,29,32,34). The third-order valence-electron chi connectivity index (χ3n) is 5.75. The second-order valence-corrected chi connectivity index (χ2v) is 9.31. The summed E-state index contributed by atoms with van der Waals surface area (Å²) in [5.74, 6) is -1.21. The van der Waals surface area contributed by atoms with E-state index in [1.54, 1.807) is 38.1 Å². The van der Waals surface area contributed by atoms with Gasteiger partial charge in [0.15, 0.2) is 5.76 Å². The molecule has 35 heavy (non-hydrogen) atoms. The zero-order valence-electron chi connectivity index (χ0n) is 18.8. The number of anilines is 1. The molecular formula is C26H19Cl2N3O4. The van der Waals surface area contributed by atoms with Crippen LogP contribution in [0.3, 0.4) is 0 Å². The van der Waals surface area contributed by atoms with E-state index in [-0.39, 0.29) is 29.5 Å². The third-order valence-corrected chi connectivity index (χ3v) is 6.33. The molecule has 3 amide bonds. The van der Waals surface area contributed by atoms with E-state index in [0.29, 0.717) is 32.3 Å². The maximum Gasteiger partial charge on any atom is 0.329 e. The van der Waals surface area contributed by atoms with Crippen molar-refractivity contribution in [3.63, 3.8) is 0 Å². The number of furan rings is 1. The van der Waals surface area contributed by atoms with Gasteiger partial charge >= 0.3 is 6.03 Å². The quantitative estimate of drug-likeness (QED) is 0.250. The highest BCUT2D eigenvalue weighted by atomic mass is 35.5. The lowest BCUT2D eigenvalue weighted by atomic mass is 9.97. The van der Waals surface area contributed by atoms with E-state index in [1.807, 2.05) is 30.3 Å². The first-order valence-electron chi connectivity index (χ1n) is 10.9. The van der Waals surface area contributed by atoms with Crippen molar-refractivity contribution in [2.24, 2.45) is 5.92 Å². The van der Waals surface area contributed by atoms with Gasteiger partial charge in [-0.2, -0.15) is 0 Å². The van der Waals surface area contributed by atoms with Crippen LogP contribution < -0.4 is 10.2 Å². The molecule has 1 saturated heterocycles. The summed E-state index contributed by atoms with van der Waals surface area (Å²) < 4.78 is 5.97. The summed E-state index contributed by atoms with van der Waals surface area (Å²) in [7, 11) is 0. The molecule has 0 spiro atoms. The van der Waals surface area contributed by atoms with Crippen LogP contribution in [0.15, 0.2) is 59.0 Å². The number of rotatable bonds is 5. The van der Waals surface area contributed by atoms with Crippen molar-refractivity contribution in [2.45, 2.75) is 13.8 Å². The van der Waals surface area contributed by atoms with Gasteiger partial charge in [-0.15, -0.1) is 0 Å². The second kappa shape index (κ2) is 8.83. The Bertz CT molecular complexity index is 1510. The molecule has 2 aromatic carbocycles. The molecule has 0 aliphatic carbocycles. The van der Waals surface area contributed by atoms with Crippen LogP contribution in [-0.2, 0) is 4.79 Å². The van der Waals surface area contributed by atoms with Crippen LogP contribution in [-0.4, -0.2) is 29.3 Å². The van der Waals surface area contributed by atoms with Crippen LogP contribution in [0.5, 0.6) is 0 Å². The van der Waals surface area contributed by atoms with Gasteiger partial charge in [-0.05, 0) is 29.8 Å². The Balaban J connectivity index is 1.85. The van der Waals surface area contributed by atoms with Gasteiger partial charge in [0.25, 0.3) is 0 Å². The maximum atomic E-state index is 13.1. The molecule has 2 aromatic heterocycles. The molecule has 1 fully saturated rings. The smallest absolute Gasteiger partial charge is 0.329 e. The van der Waals surface area contributed by atoms with Crippen LogP contribution >= 0.6 is 23.2 Å². The molecule has 0 bridgehead atoms. The van der Waals surface area contributed by atoms with Crippen LogP contribution in [0.2, 0.25) is 10.0 Å². The van der Waals surface area contributed by atoms with Gasteiger partial charge in [0.05, 0.1) is 11.1 Å². The Morgan fingerprint density at radius 3 is 2.40 bits per heavy atom. The third kappa shape index (κ3) is 4.07. The van der Waals surface area contributed by atoms with Gasteiger partial charge < -0.3 is 4.42 Å². The van der Waals surface area contributed by atoms with Gasteiger partial charge in [-0.3, -0.25) is 19.8 Å². The van der Waals surface area contributed by atoms with Gasteiger partial charge in [0, 0.05) is 27.1 Å². The molecule has 3 heterocycles. The molecule has 1 aliphatic heterocycles. The highest BCUT2D eigenvalue weighted by Gasteiger charge is 2.36. The number of Topliss-reactive ketones (excluding diaryl/α,β-unsaturated/α-hetero) is 1. The Morgan fingerprint density at radius 1 is 1.06 bits per heavy atom. The fourth-order valence-corrected chi connectivity index (χ4v) is 4.39. The van der Waals surface area contributed by atoms with E-state index >= 15 is 0 Å². The Hall–Kier alpha value is -3.68. The summed E-state index contributed by atoms with van der Waals surface area (Å²) in [5, 5.41) is 3.75. The number of urea groups is 1. The average Bonchev–Trinajstić information content (AvgIpc) is 3.36. The molecule has 7 nitrogen and oxygen atoms in total. The molecule has 4 aromatic rings. The summed E-state index contributed by atoms with van der Waals surface area (Å²) in [4.78, 5) is 43.6. The van der Waals surface area contributed by atoms with Crippen molar-refractivity contribution in [1.29, 1.82) is 0 Å². The molecule has 0 unspecified atom stereocenters. The number of amides is 3. The molecule has 0 saturated carbocycles. The van der Waals surface area contributed by atoms with Crippen LogP contribution in [0, 0.1) is 5.92 Å². The first kappa shape index (κ1) is 23.1. The molecular weight excluding hydrogens is 489 g/mol. The van der Waals surface area contributed by atoms with Crippen LogP contribution in [0.4, 0.5) is 10.5 Å². The Kier molecular flexibility index (Phi) is 5.83. The summed E-state index contributed by atoms with van der Waals surface area (Å²) in [5.41, 5.74) is 3.07. The van der Waals surface area contributed by atoms with E-state index in [9.17, 15) is 14.4 Å². The Morgan fingerprint density at radius 2 is 1.77 bits per heavy atom. The second-order valence-electron chi connectivity index (χ2n) is 8.46. The van der Waals surface area contributed by atoms with E-state index < -0.39 is 17.9 Å². The van der Waals surface area contributed by atoms with Crippen LogP contribution in [0.25, 0.3) is 33.5 Å². The van der Waals surface area contributed by atoms with E-state index in [0.717, 1.165) is 5.56 Å². The SMILES string of the molecule is CC(C)C(=O)c1oc2nc(-c3ccccc3Cl)c(-c3ccc(Cl)cc3)cc2c1N1CC(=O)NC1=O. The van der Waals surface area contributed by atoms with Gasteiger partial charge in [-0.1, -0.05) is 67.4 Å². The summed E-state index contributed by atoms with van der Waals surface area (Å²) in [6.45, 7) is 3.24. The minimum absolute atomic E-state index is 0.0225. The number of halogens is 2. The predicted octanol–water partition coefficient (Wildman–Crippen LogP) is 6.36. The normalized spacial score (nSPS) is 13.7. The lowest BCUT2D eigenvalue weighted by molar-refractivity contribution is -0.117. The molecule has 5 rings (SSSR count). The molecule has 9 heteroatoms. The number of hydrogen-bond acceptors (Lipinski definition) is 5. The number of hydrogen-bond donors (Lipinski definition) is 1. The lowest BCUT2D eigenvalue weighted by Crippen LogP contribution is -2.29. The van der Waals surface area contributed by atoms with Crippen molar-refractivity contribution in [2.75, 3.05) is 11.4 Å². The topological polar surface area (TPSA) is 92.5 Å². The summed E-state index contributed by atoms with van der Waals surface area (Å²) >= 11 is 12.6. The number of ketones is 1. The largest absolute Gasteiger partial charge is 0.432 e. The number of carbonyl (C=O) groups excluding carboxylic acids is 3. The minimum Gasteiger partial charge on any atom is -0.432 e. The minimum atomic E-state index is -0.626. The van der Waals surface area contributed by atoms with Gasteiger partial charge in [0.1, 0.15) is 12.2 Å². The van der Waals surface area contributed by atoms with Crippen molar-refractivity contribution in [1.82, 2.24) is 10.3 Å². The number of benzene rings is 2. The van der Waals surface area contributed by atoms with Crippen molar-refractivity contribution < 1.29 is 18.8 Å². The van der Waals surface area contributed by atoms with E-state index in [4.69, 9.17) is 32.6 Å². The summed E-state index contributed by atoms with van der Waals surface area (Å²) in [6.07, 6.45) is 0. The van der Waals surface area contributed by atoms with Crippen molar-refractivity contribution in [3.05, 3.63) is 70.4 Å². The average molecular weight is 508 g/mol. The van der Waals surface area contributed by atoms with Crippen molar-refractivity contribution in [3.8, 4) is 22.4 Å². The first-order valence-corrected chi connectivity index (χ1v) is 11.6. The van der Waals surface area contributed by atoms with Crippen molar-refractivity contribution >= 4 is 57.7 Å². The maximum absolute atomic E-state index is 13.1. The predicted molar refractivity (Wildman–Crippen MR) is 135 cm³/mol. The first-order chi connectivity index (χ1) is 16.7. The number of carbonyl (C=O) groups is 3. The fourth-order valence-electron chi connectivity index (χ4n) is 4.04. The van der Waals surface area contributed by atoms with Gasteiger partial charge in [-0.25, -0.2) is 9.78 Å². The zero-order chi connectivity index (χ0) is 24.9.